The van der Waals surface area contributed by atoms with Gasteiger partial charge in [-0.2, -0.15) is 0 Å². The molecule has 2 N–H and O–H groups in total. The van der Waals surface area contributed by atoms with E-state index in [1.165, 1.54) is 12.1 Å². The number of hydrogen-bond acceptors (Lipinski definition) is 4. The number of carbonyl (C=O) groups excluding carboxylic acids is 2. The molecule has 7 nitrogen and oxygen atoms in total. The fourth-order valence-corrected chi connectivity index (χ4v) is 5.33. The highest BCUT2D eigenvalue weighted by Gasteiger charge is 2.26. The lowest BCUT2D eigenvalue weighted by Crippen LogP contribution is -2.24. The molecule has 0 radical (unpaired) electrons. The summed E-state index contributed by atoms with van der Waals surface area (Å²) in [5.74, 6) is -1.43. The maximum atomic E-state index is 14.1. The van der Waals surface area contributed by atoms with Crippen molar-refractivity contribution < 1.29 is 23.1 Å². The summed E-state index contributed by atoms with van der Waals surface area (Å²) < 4.78 is 35.4. The molecule has 1 unspecified atom stereocenters. The van der Waals surface area contributed by atoms with Crippen molar-refractivity contribution in [3.63, 3.8) is 0 Å². The van der Waals surface area contributed by atoms with Gasteiger partial charge in [0.15, 0.2) is 11.6 Å². The van der Waals surface area contributed by atoms with Crippen LogP contribution in [0.2, 0.25) is 0 Å². The standard InChI is InChI=1S/C27H30F2N4O3/c1-33-25-19(27(35)30-15-17-8-4-9-20(28)24(17)29)13-18(31-23(34)12-16-6-2-3-7-16)14-21(25)32-26(33)22-10-5-11-36-22/h4,8-9,13-14,16,22H,2-3,5-7,10-12,15H2,1H3,(H,30,35)(H,31,34). The minimum atomic E-state index is -0.989. The highest BCUT2D eigenvalue weighted by molar-refractivity contribution is 6.07. The predicted octanol–water partition coefficient (Wildman–Crippen LogP) is 5.15. The summed E-state index contributed by atoms with van der Waals surface area (Å²) in [5, 5.41) is 5.63. The second-order valence-corrected chi connectivity index (χ2v) is 9.72. The van der Waals surface area contributed by atoms with Gasteiger partial charge >= 0.3 is 0 Å². The second-order valence-electron chi connectivity index (χ2n) is 9.72. The molecule has 36 heavy (non-hydrogen) atoms. The lowest BCUT2D eigenvalue weighted by molar-refractivity contribution is -0.117. The Morgan fingerprint density at radius 1 is 1.14 bits per heavy atom. The van der Waals surface area contributed by atoms with Gasteiger partial charge in [0, 0.05) is 37.9 Å². The van der Waals surface area contributed by atoms with E-state index in [4.69, 9.17) is 9.72 Å². The number of imidazole rings is 1. The summed E-state index contributed by atoms with van der Waals surface area (Å²) >= 11 is 0. The lowest BCUT2D eigenvalue weighted by Gasteiger charge is -2.13. The van der Waals surface area contributed by atoms with E-state index in [1.807, 2.05) is 11.6 Å². The SMILES string of the molecule is Cn1c(C2CCCO2)nc2cc(NC(=O)CC3CCCC3)cc(C(=O)NCc3cccc(F)c3F)c21. The van der Waals surface area contributed by atoms with Crippen LogP contribution in [-0.2, 0) is 23.1 Å². The van der Waals surface area contributed by atoms with Crippen LogP contribution in [0.5, 0.6) is 0 Å². The zero-order chi connectivity index (χ0) is 25.2. The summed E-state index contributed by atoms with van der Waals surface area (Å²) in [6.07, 6.45) is 6.47. The molecule has 2 heterocycles. The number of halogens is 2. The first-order valence-electron chi connectivity index (χ1n) is 12.5. The Bertz CT molecular complexity index is 1290. The third-order valence-electron chi connectivity index (χ3n) is 7.17. The van der Waals surface area contributed by atoms with Gasteiger partial charge in [0.2, 0.25) is 5.91 Å². The normalized spacial score (nSPS) is 18.1. The Morgan fingerprint density at radius 2 is 1.94 bits per heavy atom. The van der Waals surface area contributed by atoms with Gasteiger partial charge in [0.1, 0.15) is 11.9 Å². The number of ether oxygens (including phenoxy) is 1. The largest absolute Gasteiger partial charge is 0.370 e. The first-order chi connectivity index (χ1) is 17.4. The highest BCUT2D eigenvalue weighted by atomic mass is 19.2. The van der Waals surface area contributed by atoms with E-state index in [1.54, 1.807) is 12.1 Å². The number of benzene rings is 2. The molecule has 0 bridgehead atoms. The average molecular weight is 497 g/mol. The summed E-state index contributed by atoms with van der Waals surface area (Å²) in [5.41, 5.74) is 1.96. The lowest BCUT2D eigenvalue weighted by atomic mass is 10.0. The molecule has 2 amide bonds. The van der Waals surface area contributed by atoms with Crippen molar-refractivity contribution in [1.82, 2.24) is 14.9 Å². The number of amides is 2. The maximum Gasteiger partial charge on any atom is 0.253 e. The molecule has 2 aromatic carbocycles. The van der Waals surface area contributed by atoms with Gasteiger partial charge in [-0.25, -0.2) is 13.8 Å². The topological polar surface area (TPSA) is 85.2 Å². The minimum Gasteiger partial charge on any atom is -0.370 e. The quantitative estimate of drug-likeness (QED) is 0.474. The van der Waals surface area contributed by atoms with Gasteiger partial charge in [-0.1, -0.05) is 25.0 Å². The Morgan fingerprint density at radius 3 is 2.69 bits per heavy atom. The van der Waals surface area contributed by atoms with E-state index in [0.29, 0.717) is 47.1 Å². The molecule has 190 valence electrons. The molecule has 1 aliphatic heterocycles. The van der Waals surface area contributed by atoms with E-state index in [2.05, 4.69) is 10.6 Å². The van der Waals surface area contributed by atoms with Crippen LogP contribution in [0.1, 0.15) is 72.8 Å². The molecule has 1 atom stereocenters. The molecular weight excluding hydrogens is 466 g/mol. The molecule has 3 aromatic rings. The van der Waals surface area contributed by atoms with Crippen LogP contribution in [0.25, 0.3) is 11.0 Å². The summed E-state index contributed by atoms with van der Waals surface area (Å²) in [7, 11) is 1.83. The molecular formula is C27H30F2N4O3. The van der Waals surface area contributed by atoms with Gasteiger partial charge in [-0.3, -0.25) is 9.59 Å². The van der Waals surface area contributed by atoms with Crippen LogP contribution in [0.15, 0.2) is 30.3 Å². The first kappa shape index (κ1) is 24.4. The molecule has 1 saturated heterocycles. The molecule has 1 aliphatic carbocycles. The molecule has 2 aliphatic rings. The summed E-state index contributed by atoms with van der Waals surface area (Å²) in [4.78, 5) is 30.8. The Balaban J connectivity index is 1.45. The van der Waals surface area contributed by atoms with Crippen LogP contribution in [0.3, 0.4) is 0 Å². The highest BCUT2D eigenvalue weighted by Crippen LogP contribution is 2.33. The smallest absolute Gasteiger partial charge is 0.253 e. The molecule has 2 fully saturated rings. The average Bonchev–Trinajstić information content (AvgIpc) is 3.62. The summed E-state index contributed by atoms with van der Waals surface area (Å²) in [6, 6.07) is 7.24. The molecule has 0 spiro atoms. The second kappa shape index (κ2) is 10.3. The van der Waals surface area contributed by atoms with Crippen molar-refractivity contribution >= 4 is 28.5 Å². The van der Waals surface area contributed by atoms with Crippen molar-refractivity contribution in [3.05, 3.63) is 58.9 Å². The zero-order valence-corrected chi connectivity index (χ0v) is 20.3. The van der Waals surface area contributed by atoms with Crippen LogP contribution >= 0.6 is 0 Å². The Hall–Kier alpha value is -3.33. The zero-order valence-electron chi connectivity index (χ0n) is 20.3. The van der Waals surface area contributed by atoms with Crippen molar-refractivity contribution in [1.29, 1.82) is 0 Å². The van der Waals surface area contributed by atoms with E-state index in [0.717, 1.165) is 44.6 Å². The number of hydrogen-bond donors (Lipinski definition) is 2. The molecule has 9 heteroatoms. The van der Waals surface area contributed by atoms with E-state index in [-0.39, 0.29) is 24.1 Å². The third-order valence-corrected chi connectivity index (χ3v) is 7.17. The fraction of sp³-hybridized carbons (Fsp3) is 0.444. The fourth-order valence-electron chi connectivity index (χ4n) is 5.33. The van der Waals surface area contributed by atoms with Gasteiger partial charge in [-0.15, -0.1) is 0 Å². The van der Waals surface area contributed by atoms with Crippen molar-refractivity contribution in [2.75, 3.05) is 11.9 Å². The van der Waals surface area contributed by atoms with Crippen molar-refractivity contribution in [2.45, 2.75) is 57.6 Å². The number of nitrogens with zero attached hydrogens (tertiary/aromatic N) is 2. The van der Waals surface area contributed by atoms with Gasteiger partial charge in [0.25, 0.3) is 5.91 Å². The van der Waals surface area contributed by atoms with Gasteiger partial charge < -0.3 is 19.9 Å². The monoisotopic (exact) mass is 496 g/mol. The van der Waals surface area contributed by atoms with E-state index >= 15 is 0 Å². The minimum absolute atomic E-state index is 0.0469. The van der Waals surface area contributed by atoms with Crippen molar-refractivity contribution in [2.24, 2.45) is 13.0 Å². The van der Waals surface area contributed by atoms with Crippen molar-refractivity contribution in [3.8, 4) is 0 Å². The van der Waals surface area contributed by atoms with Crippen LogP contribution < -0.4 is 10.6 Å². The molecule has 1 saturated carbocycles. The van der Waals surface area contributed by atoms with E-state index in [9.17, 15) is 18.4 Å². The first-order valence-corrected chi connectivity index (χ1v) is 12.5. The number of rotatable bonds is 7. The molecule has 5 rings (SSSR count). The van der Waals surface area contributed by atoms with Crippen LogP contribution in [0.4, 0.5) is 14.5 Å². The number of aryl methyl sites for hydroxylation is 1. The number of carbonyl (C=O) groups is 2. The Labute approximate surface area is 208 Å². The number of aromatic nitrogens is 2. The maximum absolute atomic E-state index is 14.1. The van der Waals surface area contributed by atoms with E-state index < -0.39 is 17.5 Å². The predicted molar refractivity (Wildman–Crippen MR) is 131 cm³/mol. The van der Waals surface area contributed by atoms with Crippen LogP contribution in [0, 0.1) is 17.6 Å². The summed E-state index contributed by atoms with van der Waals surface area (Å²) in [6.45, 7) is 0.474. The van der Waals surface area contributed by atoms with Gasteiger partial charge in [-0.05, 0) is 49.8 Å². The number of nitrogens with one attached hydrogen (secondary N) is 2. The molecule has 1 aromatic heterocycles. The van der Waals surface area contributed by atoms with Crippen LogP contribution in [-0.4, -0.2) is 28.0 Å². The van der Waals surface area contributed by atoms with Gasteiger partial charge in [0.05, 0.1) is 16.6 Å². The Kier molecular flexibility index (Phi) is 7.00. The third kappa shape index (κ3) is 4.97. The number of anilines is 1. The number of fused-ring (bicyclic) bond motifs is 1.